The number of hydrogen-bond acceptors (Lipinski definition) is 9. The van der Waals surface area contributed by atoms with Crippen molar-refractivity contribution >= 4 is 57.7 Å². The summed E-state index contributed by atoms with van der Waals surface area (Å²) in [6.45, 7) is 19.9. The summed E-state index contributed by atoms with van der Waals surface area (Å²) < 4.78 is 14.7. The van der Waals surface area contributed by atoms with Crippen LogP contribution in [0.15, 0.2) is 0 Å². The zero-order valence-corrected chi connectivity index (χ0v) is 45.4. The first-order valence-electron chi connectivity index (χ1n) is 27.1. The van der Waals surface area contributed by atoms with Crippen LogP contribution >= 0.6 is 16.7 Å². The van der Waals surface area contributed by atoms with Crippen molar-refractivity contribution in [1.82, 2.24) is 20.4 Å². The van der Waals surface area contributed by atoms with Gasteiger partial charge in [-0.25, -0.2) is 0 Å². The Hall–Kier alpha value is -2.91. The summed E-state index contributed by atoms with van der Waals surface area (Å²) in [5.74, 6) is 1.23. The zero-order valence-electron chi connectivity index (χ0n) is 45.6. The maximum absolute atomic E-state index is 13.0. The first-order valence-corrected chi connectivity index (χ1v) is 28.0. The van der Waals surface area contributed by atoms with Gasteiger partial charge < -0.3 is 20.4 Å². The van der Waals surface area contributed by atoms with Crippen molar-refractivity contribution in [1.29, 1.82) is 10.3 Å². The van der Waals surface area contributed by atoms with Crippen LogP contribution in [0.1, 0.15) is 216 Å². The molecular weight excluding hydrogens is 883 g/mol. The summed E-state index contributed by atoms with van der Waals surface area (Å²) in [6.07, 6.45) is 17.1. The number of nitrogens with zero attached hydrogens (tertiary/aromatic N) is 2. The van der Waals surface area contributed by atoms with Gasteiger partial charge in [0.15, 0.2) is 20.2 Å². The van der Waals surface area contributed by atoms with Crippen LogP contribution in [0.4, 0.5) is 0 Å². The van der Waals surface area contributed by atoms with Crippen LogP contribution in [0, 0.1) is 34.0 Å². The van der Waals surface area contributed by atoms with Crippen molar-refractivity contribution in [3.8, 4) is 0 Å². The van der Waals surface area contributed by atoms with Gasteiger partial charge in [-0.05, 0) is 81.5 Å². The molecule has 0 aliphatic rings. The molecular formula is C52H96N6O7P2. The van der Waals surface area contributed by atoms with Crippen molar-refractivity contribution in [3.63, 3.8) is 0 Å². The molecule has 0 aromatic heterocycles. The fourth-order valence-corrected chi connectivity index (χ4v) is 9.78. The molecule has 4 amide bonds. The van der Waals surface area contributed by atoms with Crippen molar-refractivity contribution in [2.45, 2.75) is 234 Å². The summed E-state index contributed by atoms with van der Waals surface area (Å²) in [6, 6.07) is -0.518. The molecule has 0 radical (unpaired) electrons. The number of amides is 4. The van der Waals surface area contributed by atoms with Gasteiger partial charge >= 0.3 is 0 Å². The van der Waals surface area contributed by atoms with Crippen LogP contribution in [0.5, 0.6) is 0 Å². The summed E-state index contributed by atoms with van der Waals surface area (Å²) in [5.41, 5.74) is 0.0857. The average molecular weight is 979 g/mol. The van der Waals surface area contributed by atoms with Crippen LogP contribution < -0.4 is 10.6 Å². The number of nitrogens with one attached hydrogen (secondary N) is 4. The first kappa shape index (κ1) is 60.2. The van der Waals surface area contributed by atoms with Crippen molar-refractivity contribution < 1.29 is 36.4 Å². The second kappa shape index (κ2) is 39.9. The summed E-state index contributed by atoms with van der Waals surface area (Å²) in [5, 5.41) is 13.0. The Kier molecular flexibility index (Phi) is 35.8. The Morgan fingerprint density at radius 1 is 0.522 bits per heavy atom. The van der Waals surface area contributed by atoms with Gasteiger partial charge in [0.25, 0.3) is 0 Å². The highest BCUT2D eigenvalue weighted by Gasteiger charge is 2.24. The lowest BCUT2D eigenvalue weighted by molar-refractivity contribution is -0.136. The van der Waals surface area contributed by atoms with E-state index in [0.29, 0.717) is 106 Å². The molecule has 0 saturated heterocycles. The Labute approximate surface area is 413 Å². The summed E-state index contributed by atoms with van der Waals surface area (Å²) in [4.78, 5) is 93.0. The van der Waals surface area contributed by atoms with E-state index in [2.05, 4.69) is 48.6 Å². The van der Waals surface area contributed by atoms with Gasteiger partial charge in [0.2, 0.25) is 23.6 Å². The van der Waals surface area contributed by atoms with E-state index in [0.717, 1.165) is 96.3 Å². The second-order valence-electron chi connectivity index (χ2n) is 20.6. The highest BCUT2D eigenvalue weighted by Crippen LogP contribution is 2.22. The van der Waals surface area contributed by atoms with E-state index in [4.69, 9.17) is 2.82 Å². The number of carbonyl (C=O) groups is 7. The molecule has 15 heteroatoms. The van der Waals surface area contributed by atoms with Crippen LogP contribution in [0.25, 0.3) is 0 Å². The van der Waals surface area contributed by atoms with Gasteiger partial charge in [-0.3, -0.25) is 43.9 Å². The van der Waals surface area contributed by atoms with Crippen molar-refractivity contribution in [2.75, 3.05) is 32.7 Å². The highest BCUT2D eigenvalue weighted by atomic mass is 31.1. The first-order chi connectivity index (χ1) is 32.8. The molecule has 0 heterocycles. The molecule has 0 saturated carbocycles. The molecule has 0 aromatic carbocycles. The van der Waals surface area contributed by atoms with Gasteiger partial charge in [-0.15, -0.1) is 0 Å². The smallest absolute Gasteiger partial charge is 0.223 e. The van der Waals surface area contributed by atoms with Crippen LogP contribution in [0.3, 0.4) is 0 Å². The zero-order chi connectivity index (χ0) is 52.0. The van der Waals surface area contributed by atoms with Gasteiger partial charge in [0.1, 0.15) is 0 Å². The van der Waals surface area contributed by atoms with Crippen molar-refractivity contribution in [2.24, 2.45) is 23.7 Å². The molecule has 0 rings (SSSR count). The predicted octanol–water partition coefficient (Wildman–Crippen LogP) is 12.1. The number of unbranched alkanes of at least 4 members (excludes halogenated alkanes) is 11. The molecule has 3 atom stereocenters. The minimum absolute atomic E-state index is 0.0103. The van der Waals surface area contributed by atoms with E-state index >= 15 is 0 Å². The molecule has 0 aromatic rings. The maximum atomic E-state index is 13.0. The van der Waals surface area contributed by atoms with E-state index in [1.165, 1.54) is 0 Å². The molecule has 0 bridgehead atoms. The monoisotopic (exact) mass is 979 g/mol. The SMILES string of the molecule is [1H]N=P[C@@H](CC(C)C)CN(CC(=O)CCCCCCCCC(=O)NCCCC[C@H](NC(=O)CCCCCCCCC(=O)CN(C[C@H](CC(C)C)P=N[1H])C(=O)CC(C)C)C(=O)CC)C(=O)CC(C)C. The molecule has 4 N–H and O–H groups in total. The van der Waals surface area contributed by atoms with Crippen molar-refractivity contribution in [3.05, 3.63) is 0 Å². The Balaban J connectivity index is 4.35. The molecule has 0 aliphatic heterocycles. The van der Waals surface area contributed by atoms with E-state index in [1.807, 2.05) is 27.7 Å². The highest BCUT2D eigenvalue weighted by molar-refractivity contribution is 7.26. The Morgan fingerprint density at radius 3 is 1.31 bits per heavy atom. The van der Waals surface area contributed by atoms with E-state index in [1.54, 1.807) is 16.7 Å². The fraction of sp³-hybridized carbons (Fsp3) is 0.865. The molecule has 13 nitrogen and oxygen atoms in total. The van der Waals surface area contributed by atoms with Crippen LogP contribution in [0.2, 0.25) is 2.82 Å². The summed E-state index contributed by atoms with van der Waals surface area (Å²) in [7, 11) is 1.26. The van der Waals surface area contributed by atoms with Crippen LogP contribution in [-0.4, -0.2) is 101 Å². The van der Waals surface area contributed by atoms with E-state index < -0.39 is 6.04 Å². The Morgan fingerprint density at radius 2 is 0.925 bits per heavy atom. The molecule has 67 heavy (non-hydrogen) atoms. The van der Waals surface area contributed by atoms with Gasteiger partial charge in [0.05, 0.1) is 19.1 Å². The molecule has 0 fully saturated rings. The van der Waals surface area contributed by atoms with Gasteiger partial charge in [0, 0.05) is 92.6 Å². The normalized spacial score (nSPS) is 13.6. The molecule has 386 valence electrons. The van der Waals surface area contributed by atoms with Crippen LogP contribution in [-0.2, 0) is 33.6 Å². The average Bonchev–Trinajstić information content (AvgIpc) is 3.26. The third kappa shape index (κ3) is 35.8. The molecule has 0 unspecified atom stereocenters. The van der Waals surface area contributed by atoms with E-state index in [9.17, 15) is 33.6 Å². The summed E-state index contributed by atoms with van der Waals surface area (Å²) >= 11 is 0. The number of Topliss-reactive ketones (excluding diaryl/α,β-unsaturated/α-hetero) is 3. The number of hydrogen-bond donors (Lipinski definition) is 4. The maximum Gasteiger partial charge on any atom is 0.223 e. The molecule has 0 spiro atoms. The quantitative estimate of drug-likeness (QED) is 0.0344. The lowest BCUT2D eigenvalue weighted by Gasteiger charge is -2.26. The third-order valence-electron chi connectivity index (χ3n) is 11.8. The topological polar surface area (TPSA) is 198 Å². The minimum atomic E-state index is -0.518. The third-order valence-corrected chi connectivity index (χ3v) is 13.2. The fourth-order valence-electron chi connectivity index (χ4n) is 8.21. The van der Waals surface area contributed by atoms with Gasteiger partial charge in [-0.2, -0.15) is 0 Å². The standard InChI is InChI=1S/C52H96N6O7P2/c1-10-48(61)47(56-50(63)29-22-18-14-12-16-20-26-44(60)36-58(52(65)34-42(8)9)38-46(67-54)32-40(4)5)27-23-24-30-55-49(62)28-21-17-13-11-15-19-25-43(59)35-57(51(64)33-41(6)7)37-45(66-53)31-39(2)3/h39-42,45-47,53-54H,10-38H2,1-9H3,(H,55,62)(H,56,63)/t45-,46-,47-/m0/s1/i/hH2. The lowest BCUT2D eigenvalue weighted by atomic mass is 10.0. The van der Waals surface area contributed by atoms with Gasteiger partial charge in [-0.1, -0.05) is 114 Å². The largest absolute Gasteiger partial charge is 0.356 e. The second-order valence-corrected chi connectivity index (χ2v) is 22.6. The predicted molar refractivity (Wildman–Crippen MR) is 276 cm³/mol. The molecule has 0 aliphatic carbocycles. The number of carbonyl (C=O) groups excluding carboxylic acids is 7. The lowest BCUT2D eigenvalue weighted by Crippen LogP contribution is -2.40. The number of rotatable bonds is 44. The Bertz CT molecular complexity index is 1530. The van der Waals surface area contributed by atoms with E-state index in [-0.39, 0.29) is 77.2 Å². The minimum Gasteiger partial charge on any atom is -0.356 e. The number of ketones is 3.